The van der Waals surface area contributed by atoms with E-state index in [4.69, 9.17) is 16.3 Å². The number of nitrogens with one attached hydrogen (secondary N) is 2. The van der Waals surface area contributed by atoms with E-state index in [2.05, 4.69) is 24.5 Å². The summed E-state index contributed by atoms with van der Waals surface area (Å²) >= 11 is 5.99. The summed E-state index contributed by atoms with van der Waals surface area (Å²) in [6.45, 7) is 4.23. The molecule has 6 rings (SSSR count). The largest absolute Gasteiger partial charge is 0.359 e. The molecule has 210 valence electrons. The van der Waals surface area contributed by atoms with Crippen molar-refractivity contribution >= 4 is 35.0 Å². The summed E-state index contributed by atoms with van der Waals surface area (Å²) in [5, 5.41) is 6.63. The van der Waals surface area contributed by atoms with Gasteiger partial charge in [0.1, 0.15) is 17.5 Å². The first-order chi connectivity index (χ1) is 19.2. The molecule has 0 radical (unpaired) electrons. The summed E-state index contributed by atoms with van der Waals surface area (Å²) in [6, 6.07) is 11.8. The van der Waals surface area contributed by atoms with Gasteiger partial charge < -0.3 is 20.3 Å². The fourth-order valence-electron chi connectivity index (χ4n) is 7.05. The van der Waals surface area contributed by atoms with Gasteiger partial charge in [-0.1, -0.05) is 68.6 Å². The molecule has 4 aliphatic rings. The van der Waals surface area contributed by atoms with Crippen LogP contribution < -0.4 is 10.6 Å². The lowest BCUT2D eigenvalue weighted by Gasteiger charge is -2.38. The van der Waals surface area contributed by atoms with Crippen LogP contribution in [-0.2, 0) is 25.7 Å². The normalized spacial score (nSPS) is 34.1. The number of carbonyl (C=O) groups is 3. The topological polar surface area (TPSA) is 87.7 Å². The van der Waals surface area contributed by atoms with Crippen molar-refractivity contribution in [1.82, 2.24) is 10.2 Å². The Morgan fingerprint density at radius 1 is 1.10 bits per heavy atom. The Kier molecular flexibility index (Phi) is 6.95. The van der Waals surface area contributed by atoms with E-state index in [-0.39, 0.29) is 30.3 Å². The average molecular weight is 566 g/mol. The van der Waals surface area contributed by atoms with Crippen LogP contribution in [0.3, 0.4) is 0 Å². The van der Waals surface area contributed by atoms with Crippen molar-refractivity contribution in [2.24, 2.45) is 23.7 Å². The third kappa shape index (κ3) is 4.41. The van der Waals surface area contributed by atoms with E-state index in [1.54, 1.807) is 54.6 Å². The molecule has 3 fully saturated rings. The first-order valence-electron chi connectivity index (χ1n) is 14.0. The molecule has 3 aliphatic heterocycles. The maximum absolute atomic E-state index is 14.8. The maximum Gasteiger partial charge on any atom is 0.246 e. The van der Waals surface area contributed by atoms with Crippen molar-refractivity contribution in [3.05, 3.63) is 77.1 Å². The quantitative estimate of drug-likeness (QED) is 0.497. The van der Waals surface area contributed by atoms with Gasteiger partial charge in [-0.2, -0.15) is 0 Å². The molecule has 3 heterocycles. The van der Waals surface area contributed by atoms with E-state index in [1.165, 1.54) is 11.0 Å². The number of anilines is 1. The van der Waals surface area contributed by atoms with Crippen molar-refractivity contribution in [1.29, 1.82) is 0 Å². The third-order valence-electron chi connectivity index (χ3n) is 9.37. The molecular formula is C31H33ClFN3O4. The van der Waals surface area contributed by atoms with E-state index in [0.29, 0.717) is 22.2 Å². The highest BCUT2D eigenvalue weighted by atomic mass is 35.5. The van der Waals surface area contributed by atoms with Gasteiger partial charge in [-0.05, 0) is 48.6 Å². The van der Waals surface area contributed by atoms with Crippen molar-refractivity contribution in [2.45, 2.75) is 63.4 Å². The van der Waals surface area contributed by atoms with Crippen LogP contribution in [0.25, 0.3) is 0 Å². The van der Waals surface area contributed by atoms with E-state index in [1.807, 2.05) is 0 Å². The lowest BCUT2D eigenvalue weighted by Crippen LogP contribution is -2.57. The van der Waals surface area contributed by atoms with E-state index in [0.717, 1.165) is 19.3 Å². The van der Waals surface area contributed by atoms with Gasteiger partial charge in [0, 0.05) is 28.9 Å². The highest BCUT2D eigenvalue weighted by Crippen LogP contribution is 2.55. The average Bonchev–Trinajstić information content (AvgIpc) is 3.57. The molecule has 0 unspecified atom stereocenters. The van der Waals surface area contributed by atoms with Gasteiger partial charge in [-0.15, -0.1) is 0 Å². The Balaban J connectivity index is 1.33. The molecule has 0 aromatic heterocycles. The lowest BCUT2D eigenvalue weighted by atomic mass is 9.73. The van der Waals surface area contributed by atoms with Crippen LogP contribution in [0.1, 0.15) is 38.7 Å². The second kappa shape index (κ2) is 10.3. The number of carbonyl (C=O) groups excluding carboxylic acids is 3. The predicted molar refractivity (Wildman–Crippen MR) is 149 cm³/mol. The van der Waals surface area contributed by atoms with E-state index in [9.17, 15) is 18.8 Å². The number of rotatable bonds is 6. The molecule has 9 heteroatoms. The molecule has 3 amide bonds. The van der Waals surface area contributed by atoms with Gasteiger partial charge in [0.25, 0.3) is 0 Å². The van der Waals surface area contributed by atoms with Crippen LogP contribution in [0.15, 0.2) is 60.7 Å². The SMILES string of the molecule is C[C@@H]1[C@H](C)CCC[C@@H]1NC(=O)[C@@H]1N(Cc2ccccc2F)C(=O)[C@H]2[C@H](C(=O)Nc3ccc(Cl)cc3)[C@H]3C=C[C@@]12O3. The molecule has 2 N–H and O–H groups in total. The van der Waals surface area contributed by atoms with Crippen LogP contribution in [0.5, 0.6) is 0 Å². The number of benzene rings is 2. The van der Waals surface area contributed by atoms with Crippen LogP contribution in [0.2, 0.25) is 5.02 Å². The monoisotopic (exact) mass is 565 g/mol. The van der Waals surface area contributed by atoms with E-state index < -0.39 is 41.3 Å². The first kappa shape index (κ1) is 27.0. The minimum Gasteiger partial charge on any atom is -0.359 e. The number of fused-ring (bicyclic) bond motifs is 1. The van der Waals surface area contributed by atoms with Gasteiger partial charge >= 0.3 is 0 Å². The zero-order valence-electron chi connectivity index (χ0n) is 22.5. The molecule has 2 bridgehead atoms. The minimum absolute atomic E-state index is 0.0382. The lowest BCUT2D eigenvalue weighted by molar-refractivity contribution is -0.142. The number of likely N-dealkylation sites (tertiary alicyclic amines) is 1. The molecule has 1 aliphatic carbocycles. The highest BCUT2D eigenvalue weighted by Gasteiger charge is 2.72. The summed E-state index contributed by atoms with van der Waals surface area (Å²) in [5.41, 5.74) is -0.480. The molecule has 2 saturated heterocycles. The maximum atomic E-state index is 14.8. The third-order valence-corrected chi connectivity index (χ3v) is 9.62. The smallest absolute Gasteiger partial charge is 0.246 e. The summed E-state index contributed by atoms with van der Waals surface area (Å²) in [6.07, 6.45) is 5.86. The summed E-state index contributed by atoms with van der Waals surface area (Å²) < 4.78 is 21.2. The Morgan fingerprint density at radius 2 is 1.85 bits per heavy atom. The number of hydrogen-bond acceptors (Lipinski definition) is 4. The number of nitrogens with zero attached hydrogens (tertiary/aromatic N) is 1. The summed E-state index contributed by atoms with van der Waals surface area (Å²) in [5.74, 6) is -2.59. The fourth-order valence-corrected chi connectivity index (χ4v) is 7.18. The molecule has 2 aromatic rings. The Labute approximate surface area is 238 Å². The van der Waals surface area contributed by atoms with Gasteiger partial charge in [0.2, 0.25) is 17.7 Å². The van der Waals surface area contributed by atoms with E-state index >= 15 is 0 Å². The Bertz CT molecular complexity index is 1370. The highest BCUT2D eigenvalue weighted by molar-refractivity contribution is 6.30. The number of amides is 3. The van der Waals surface area contributed by atoms with Crippen molar-refractivity contribution < 1.29 is 23.5 Å². The number of hydrogen-bond donors (Lipinski definition) is 2. The summed E-state index contributed by atoms with van der Waals surface area (Å²) in [7, 11) is 0. The Hall–Kier alpha value is -3.23. The standard InChI is InChI=1S/C31H33ClFN3O4/c1-17-6-5-9-23(18(17)2)35-29(38)27-31-15-14-24(40-31)25(28(37)34-21-12-10-20(32)11-13-21)26(31)30(39)36(27)16-19-7-3-4-8-22(19)33/h3-4,7-8,10-15,17-18,23-27H,5-6,9,16H2,1-2H3,(H,34,37)(H,35,38)/t17-,18-,23+,24-,25-,26-,27+,31+/m1/s1. The van der Waals surface area contributed by atoms with Crippen LogP contribution in [0.4, 0.5) is 10.1 Å². The van der Waals surface area contributed by atoms with Crippen LogP contribution in [0, 0.1) is 29.5 Å². The second-order valence-electron chi connectivity index (χ2n) is 11.6. The Morgan fingerprint density at radius 3 is 2.60 bits per heavy atom. The zero-order valence-corrected chi connectivity index (χ0v) is 23.2. The predicted octanol–water partition coefficient (Wildman–Crippen LogP) is 4.71. The minimum atomic E-state index is -1.32. The van der Waals surface area contributed by atoms with Crippen molar-refractivity contribution in [2.75, 3.05) is 5.32 Å². The van der Waals surface area contributed by atoms with Crippen LogP contribution >= 0.6 is 11.6 Å². The van der Waals surface area contributed by atoms with Gasteiger partial charge in [-0.3, -0.25) is 14.4 Å². The van der Waals surface area contributed by atoms with Gasteiger partial charge in [0.15, 0.2) is 0 Å². The molecular weight excluding hydrogens is 533 g/mol. The molecule has 40 heavy (non-hydrogen) atoms. The molecule has 1 saturated carbocycles. The zero-order chi connectivity index (χ0) is 28.2. The first-order valence-corrected chi connectivity index (χ1v) is 14.4. The molecule has 2 aromatic carbocycles. The van der Waals surface area contributed by atoms with Crippen molar-refractivity contribution in [3.8, 4) is 0 Å². The second-order valence-corrected chi connectivity index (χ2v) is 12.1. The van der Waals surface area contributed by atoms with Gasteiger partial charge in [0.05, 0.1) is 17.9 Å². The van der Waals surface area contributed by atoms with Gasteiger partial charge in [-0.25, -0.2) is 4.39 Å². The fraction of sp³-hybridized carbons (Fsp3) is 0.452. The molecule has 7 nitrogen and oxygen atoms in total. The van der Waals surface area contributed by atoms with Crippen molar-refractivity contribution in [3.63, 3.8) is 0 Å². The molecule has 8 atom stereocenters. The van der Waals surface area contributed by atoms with Crippen LogP contribution in [-0.4, -0.2) is 46.4 Å². The number of ether oxygens (including phenoxy) is 1. The molecule has 1 spiro atoms. The summed E-state index contributed by atoms with van der Waals surface area (Å²) in [4.78, 5) is 43.2. The number of halogens is 2.